The number of aromatic nitrogens is 2. The minimum Gasteiger partial charge on any atom is -0.309 e. The van der Waals surface area contributed by atoms with Gasteiger partial charge < -0.3 is 4.57 Å². The van der Waals surface area contributed by atoms with E-state index in [1.165, 1.54) is 38.4 Å². The molecule has 3 heterocycles. The fraction of sp³-hybridized carbons (Fsp3) is 0.0213. The molecule has 0 fully saturated rings. The van der Waals surface area contributed by atoms with Crippen LogP contribution in [0.15, 0.2) is 193 Å². The number of rotatable bonds is 5. The lowest BCUT2D eigenvalue weighted by atomic mass is 9.65. The van der Waals surface area contributed by atoms with E-state index in [0.717, 1.165) is 44.7 Å². The Hall–Kier alpha value is -6.58. The molecule has 0 atom stereocenters. The number of para-hydroxylation sites is 1. The van der Waals surface area contributed by atoms with Crippen molar-refractivity contribution in [2.24, 2.45) is 4.99 Å². The first-order chi connectivity index (χ1) is 24.8. The predicted molar refractivity (Wildman–Crippen MR) is 207 cm³/mol. The van der Waals surface area contributed by atoms with E-state index in [1.807, 2.05) is 12.4 Å². The summed E-state index contributed by atoms with van der Waals surface area (Å²) in [6.07, 6.45) is 3.90. The second kappa shape index (κ2) is 11.3. The van der Waals surface area contributed by atoms with Crippen molar-refractivity contribution < 1.29 is 0 Å². The maximum absolute atomic E-state index is 5.54. The molecule has 3 nitrogen and oxygen atoms in total. The molecule has 0 saturated carbocycles. The van der Waals surface area contributed by atoms with Crippen LogP contribution in [0.5, 0.6) is 0 Å². The largest absolute Gasteiger partial charge is 0.309 e. The summed E-state index contributed by atoms with van der Waals surface area (Å²) in [4.78, 5) is 10.1. The molecule has 0 N–H and O–H groups in total. The molecule has 1 aliphatic heterocycles. The normalized spacial score (nSPS) is 13.5. The molecule has 3 heteroatoms. The first kappa shape index (κ1) is 28.4. The fourth-order valence-electron chi connectivity index (χ4n) is 8.15. The average Bonchev–Trinajstić information content (AvgIpc) is 3.71. The van der Waals surface area contributed by atoms with Gasteiger partial charge in [-0.05, 0) is 58.0 Å². The van der Waals surface area contributed by atoms with Crippen molar-refractivity contribution in [3.63, 3.8) is 0 Å². The summed E-state index contributed by atoms with van der Waals surface area (Å²) in [5, 5.41) is 4.74. The maximum Gasteiger partial charge on any atom is 0.0901 e. The minimum absolute atomic E-state index is 0.611. The molecule has 0 spiro atoms. The number of pyridine rings is 1. The number of nitrogens with zero attached hydrogens (tertiary/aromatic N) is 3. The van der Waals surface area contributed by atoms with E-state index < -0.39 is 5.41 Å². The van der Waals surface area contributed by atoms with Crippen LogP contribution in [0.25, 0.3) is 49.4 Å². The summed E-state index contributed by atoms with van der Waals surface area (Å²) < 4.78 is 2.41. The molecule has 0 bridgehead atoms. The second-order valence-corrected chi connectivity index (χ2v) is 13.0. The average molecular weight is 638 g/mol. The molecular weight excluding hydrogens is 607 g/mol. The molecule has 0 amide bonds. The standard InChI is InChI=1S/C47H31N3/c1-4-14-33(15-5-1)46-47(35-17-6-2-7-18-35,36-19-8-3-9-20-36)42-29-45-40(28-43(42)49-46)39-22-12-13-23-44(39)50(45)37-26-24-32(25-27-37)41-31-48-30-34-16-10-11-21-38(34)41/h1-31H. The Labute approximate surface area is 290 Å². The van der Waals surface area contributed by atoms with Crippen molar-refractivity contribution in [1.29, 1.82) is 0 Å². The van der Waals surface area contributed by atoms with Crippen molar-refractivity contribution in [1.82, 2.24) is 9.55 Å². The van der Waals surface area contributed by atoms with Gasteiger partial charge in [0.05, 0.1) is 27.8 Å². The number of benzene rings is 7. The van der Waals surface area contributed by atoms with Crippen molar-refractivity contribution in [2.75, 3.05) is 0 Å². The molecule has 10 rings (SSSR count). The highest BCUT2D eigenvalue weighted by atomic mass is 15.0. The van der Waals surface area contributed by atoms with E-state index >= 15 is 0 Å². The zero-order valence-electron chi connectivity index (χ0n) is 27.2. The highest BCUT2D eigenvalue weighted by molar-refractivity contribution is 6.19. The number of hydrogen-bond donors (Lipinski definition) is 0. The van der Waals surface area contributed by atoms with Crippen LogP contribution in [0.2, 0.25) is 0 Å². The fourth-order valence-corrected chi connectivity index (χ4v) is 8.15. The lowest BCUT2D eigenvalue weighted by Crippen LogP contribution is -2.36. The van der Waals surface area contributed by atoms with Crippen LogP contribution in [0, 0.1) is 0 Å². The van der Waals surface area contributed by atoms with Gasteiger partial charge in [0.1, 0.15) is 0 Å². The molecule has 2 aromatic heterocycles. The first-order valence-electron chi connectivity index (χ1n) is 17.1. The van der Waals surface area contributed by atoms with Crippen LogP contribution in [-0.4, -0.2) is 15.3 Å². The number of fused-ring (bicyclic) bond motifs is 5. The molecule has 0 unspecified atom stereocenters. The molecule has 7 aromatic carbocycles. The summed E-state index contributed by atoms with van der Waals surface area (Å²) in [5.41, 5.74) is 11.9. The lowest BCUT2D eigenvalue weighted by Gasteiger charge is -2.34. The van der Waals surface area contributed by atoms with E-state index in [-0.39, 0.29) is 0 Å². The Kier molecular flexibility index (Phi) is 6.40. The Morgan fingerprint density at radius 3 is 1.80 bits per heavy atom. The molecule has 50 heavy (non-hydrogen) atoms. The van der Waals surface area contributed by atoms with Gasteiger partial charge in [0.15, 0.2) is 0 Å². The third-order valence-corrected chi connectivity index (χ3v) is 10.3. The third-order valence-electron chi connectivity index (χ3n) is 10.3. The topological polar surface area (TPSA) is 30.2 Å². The lowest BCUT2D eigenvalue weighted by molar-refractivity contribution is 0.851. The van der Waals surface area contributed by atoms with Crippen LogP contribution in [0.3, 0.4) is 0 Å². The summed E-state index contributed by atoms with van der Waals surface area (Å²) in [5.74, 6) is 0. The number of hydrogen-bond acceptors (Lipinski definition) is 2. The summed E-state index contributed by atoms with van der Waals surface area (Å²) >= 11 is 0. The molecule has 0 radical (unpaired) electrons. The molecule has 9 aromatic rings. The van der Waals surface area contributed by atoms with Crippen molar-refractivity contribution >= 4 is 44.0 Å². The van der Waals surface area contributed by atoms with Gasteiger partial charge in [-0.1, -0.05) is 146 Å². The smallest absolute Gasteiger partial charge is 0.0901 e. The molecule has 0 aliphatic carbocycles. The maximum atomic E-state index is 5.54. The van der Waals surface area contributed by atoms with Gasteiger partial charge in [0, 0.05) is 45.4 Å². The van der Waals surface area contributed by atoms with Crippen molar-refractivity contribution in [2.45, 2.75) is 5.41 Å². The number of aliphatic imine (C=N–C) groups is 1. The van der Waals surface area contributed by atoms with Crippen molar-refractivity contribution in [3.05, 3.63) is 211 Å². The Morgan fingerprint density at radius 2 is 1.08 bits per heavy atom. The van der Waals surface area contributed by atoms with E-state index in [1.54, 1.807) is 0 Å². The highest BCUT2D eigenvalue weighted by Crippen LogP contribution is 2.53. The van der Waals surface area contributed by atoms with Crippen molar-refractivity contribution in [3.8, 4) is 16.8 Å². The van der Waals surface area contributed by atoms with Crippen LogP contribution < -0.4 is 0 Å². The van der Waals surface area contributed by atoms with Gasteiger partial charge in [0.25, 0.3) is 0 Å². The van der Waals surface area contributed by atoms with E-state index in [2.05, 4.69) is 185 Å². The summed E-state index contributed by atoms with van der Waals surface area (Å²) in [7, 11) is 0. The summed E-state index contributed by atoms with van der Waals surface area (Å²) in [6.45, 7) is 0. The van der Waals surface area contributed by atoms with Crippen LogP contribution >= 0.6 is 0 Å². The molecular formula is C47H31N3. The SMILES string of the molecule is c1ccc(C2=Nc3cc4c5ccccc5n(-c5ccc(-c6cncc7ccccc67)cc5)c4cc3C2(c2ccccc2)c2ccccc2)cc1. The minimum atomic E-state index is -0.611. The van der Waals surface area contributed by atoms with Crippen LogP contribution in [0.1, 0.15) is 22.3 Å². The van der Waals surface area contributed by atoms with Gasteiger partial charge in [-0.3, -0.25) is 9.98 Å². The monoisotopic (exact) mass is 637 g/mol. The third kappa shape index (κ3) is 4.17. The Balaban J connectivity index is 1.24. The first-order valence-corrected chi connectivity index (χ1v) is 17.1. The Morgan fingerprint density at radius 1 is 0.460 bits per heavy atom. The molecule has 1 aliphatic rings. The zero-order chi connectivity index (χ0) is 33.1. The van der Waals surface area contributed by atoms with Crippen LogP contribution in [0.4, 0.5) is 5.69 Å². The summed E-state index contributed by atoms with van der Waals surface area (Å²) in [6, 6.07) is 63.2. The van der Waals surface area contributed by atoms with Gasteiger partial charge in [-0.15, -0.1) is 0 Å². The Bertz CT molecular complexity index is 2680. The van der Waals surface area contributed by atoms with E-state index in [4.69, 9.17) is 4.99 Å². The quantitative estimate of drug-likeness (QED) is 0.185. The van der Waals surface area contributed by atoms with Crippen LogP contribution in [-0.2, 0) is 5.41 Å². The molecule has 0 saturated heterocycles. The zero-order valence-corrected chi connectivity index (χ0v) is 27.2. The highest BCUT2D eigenvalue weighted by Gasteiger charge is 2.47. The van der Waals surface area contributed by atoms with Gasteiger partial charge in [-0.25, -0.2) is 0 Å². The predicted octanol–water partition coefficient (Wildman–Crippen LogP) is 11.5. The van der Waals surface area contributed by atoms with E-state index in [0.29, 0.717) is 0 Å². The second-order valence-electron chi connectivity index (χ2n) is 13.0. The van der Waals surface area contributed by atoms with Gasteiger partial charge >= 0.3 is 0 Å². The van der Waals surface area contributed by atoms with Gasteiger partial charge in [0.2, 0.25) is 0 Å². The van der Waals surface area contributed by atoms with Gasteiger partial charge in [-0.2, -0.15) is 0 Å². The molecule has 234 valence electrons. The van der Waals surface area contributed by atoms with E-state index in [9.17, 15) is 0 Å².